The molecule has 0 bridgehead atoms. The lowest BCUT2D eigenvalue weighted by molar-refractivity contribution is 0.629. The van der Waals surface area contributed by atoms with Crippen LogP contribution in [0.25, 0.3) is 22.4 Å². The summed E-state index contributed by atoms with van der Waals surface area (Å²) < 4.78 is 15.6. The third-order valence-electron chi connectivity index (χ3n) is 2.92. The molecule has 4 nitrogen and oxygen atoms in total. The molecule has 0 radical (unpaired) electrons. The van der Waals surface area contributed by atoms with Crippen LogP contribution in [-0.2, 0) is 7.05 Å². The van der Waals surface area contributed by atoms with Gasteiger partial charge in [-0.15, -0.1) is 0 Å². The van der Waals surface area contributed by atoms with Gasteiger partial charge >= 0.3 is 0 Å². The maximum atomic E-state index is 13.8. The molecular formula is C13H11FN4. The van der Waals surface area contributed by atoms with Gasteiger partial charge in [-0.05, 0) is 12.1 Å². The number of nitrogens with two attached hydrogens (primary N) is 1. The Bertz CT molecular complexity index is 733. The number of anilines is 1. The minimum atomic E-state index is -0.303. The number of rotatable bonds is 1. The molecule has 90 valence electrons. The topological polar surface area (TPSA) is 56.7 Å². The van der Waals surface area contributed by atoms with Crippen LogP contribution in [-0.4, -0.2) is 14.5 Å². The Morgan fingerprint density at radius 1 is 1.22 bits per heavy atom. The van der Waals surface area contributed by atoms with Crippen LogP contribution in [0.1, 0.15) is 0 Å². The fourth-order valence-electron chi connectivity index (χ4n) is 2.08. The lowest BCUT2D eigenvalue weighted by Gasteiger charge is -2.04. The highest BCUT2D eigenvalue weighted by atomic mass is 19.1. The fraction of sp³-hybridized carbons (Fsp3) is 0.0769. The summed E-state index contributed by atoms with van der Waals surface area (Å²) in [5, 5.41) is 0. The summed E-state index contributed by atoms with van der Waals surface area (Å²) in [4.78, 5) is 8.37. The first-order chi connectivity index (χ1) is 8.68. The molecule has 0 saturated carbocycles. The van der Waals surface area contributed by atoms with Gasteiger partial charge in [0.05, 0.1) is 29.2 Å². The van der Waals surface area contributed by atoms with Crippen molar-refractivity contribution in [1.82, 2.24) is 14.5 Å². The van der Waals surface area contributed by atoms with E-state index in [1.165, 1.54) is 6.07 Å². The summed E-state index contributed by atoms with van der Waals surface area (Å²) in [5.74, 6) is 0.241. The van der Waals surface area contributed by atoms with E-state index in [9.17, 15) is 4.39 Å². The first kappa shape index (κ1) is 10.7. The second kappa shape index (κ2) is 3.80. The molecule has 0 atom stereocenters. The summed E-state index contributed by atoms with van der Waals surface area (Å²) in [6.07, 6.45) is 3.19. The molecule has 0 amide bonds. The van der Waals surface area contributed by atoms with Crippen LogP contribution in [0.3, 0.4) is 0 Å². The highest BCUT2D eigenvalue weighted by Gasteiger charge is 2.14. The van der Waals surface area contributed by atoms with Gasteiger partial charge in [0, 0.05) is 7.05 Å². The van der Waals surface area contributed by atoms with Gasteiger partial charge in [-0.25, -0.2) is 9.37 Å². The molecule has 0 fully saturated rings. The quantitative estimate of drug-likeness (QED) is 0.712. The molecule has 2 aromatic heterocycles. The Kier molecular flexibility index (Phi) is 2.26. The first-order valence-electron chi connectivity index (χ1n) is 5.49. The SMILES string of the molecule is Cn1c(-c2ccccc2F)nc2cncc(N)c21. The molecule has 5 heteroatoms. The van der Waals surface area contributed by atoms with Crippen LogP contribution in [0.15, 0.2) is 36.7 Å². The third-order valence-corrected chi connectivity index (χ3v) is 2.92. The monoisotopic (exact) mass is 242 g/mol. The summed E-state index contributed by atoms with van der Waals surface area (Å²) in [6.45, 7) is 0. The van der Waals surface area contributed by atoms with E-state index in [0.29, 0.717) is 22.6 Å². The van der Waals surface area contributed by atoms with Crippen molar-refractivity contribution in [1.29, 1.82) is 0 Å². The van der Waals surface area contributed by atoms with Crippen LogP contribution in [0.5, 0.6) is 0 Å². The van der Waals surface area contributed by atoms with E-state index < -0.39 is 0 Å². The Hall–Kier alpha value is -2.43. The maximum Gasteiger partial charge on any atom is 0.143 e. The zero-order chi connectivity index (χ0) is 12.7. The molecule has 2 heterocycles. The minimum absolute atomic E-state index is 0.303. The molecule has 3 rings (SSSR count). The first-order valence-corrected chi connectivity index (χ1v) is 5.49. The average Bonchev–Trinajstić information content (AvgIpc) is 2.69. The lowest BCUT2D eigenvalue weighted by atomic mass is 10.2. The van der Waals surface area contributed by atoms with Gasteiger partial charge in [0.1, 0.15) is 17.2 Å². The van der Waals surface area contributed by atoms with Crippen molar-refractivity contribution in [2.75, 3.05) is 5.73 Å². The number of pyridine rings is 1. The normalized spacial score (nSPS) is 11.0. The molecule has 18 heavy (non-hydrogen) atoms. The van der Waals surface area contributed by atoms with Gasteiger partial charge in [-0.1, -0.05) is 12.1 Å². The average molecular weight is 242 g/mol. The minimum Gasteiger partial charge on any atom is -0.396 e. The summed E-state index contributed by atoms with van der Waals surface area (Å²) in [5.41, 5.74) is 8.29. The molecule has 3 aromatic rings. The molecule has 0 aliphatic rings. The van der Waals surface area contributed by atoms with E-state index >= 15 is 0 Å². The van der Waals surface area contributed by atoms with Crippen molar-refractivity contribution in [2.45, 2.75) is 0 Å². The number of hydrogen-bond acceptors (Lipinski definition) is 3. The number of fused-ring (bicyclic) bond motifs is 1. The smallest absolute Gasteiger partial charge is 0.143 e. The summed E-state index contributed by atoms with van der Waals surface area (Å²) >= 11 is 0. The standard InChI is InChI=1S/C13H11FN4/c1-18-12-10(15)6-16-7-11(12)17-13(18)8-4-2-3-5-9(8)14/h2-7H,15H2,1H3. The van der Waals surface area contributed by atoms with Gasteiger partial charge in [-0.2, -0.15) is 0 Å². The predicted molar refractivity (Wildman–Crippen MR) is 68.3 cm³/mol. The Morgan fingerprint density at radius 3 is 2.72 bits per heavy atom. The van der Waals surface area contributed by atoms with E-state index in [2.05, 4.69) is 9.97 Å². The van der Waals surface area contributed by atoms with Crippen LogP contribution in [0.4, 0.5) is 10.1 Å². The fourth-order valence-corrected chi connectivity index (χ4v) is 2.08. The number of nitrogen functional groups attached to an aromatic ring is 1. The number of aromatic nitrogens is 3. The summed E-state index contributed by atoms with van der Waals surface area (Å²) in [7, 11) is 1.81. The number of aryl methyl sites for hydroxylation is 1. The van der Waals surface area contributed by atoms with E-state index in [-0.39, 0.29) is 5.82 Å². The van der Waals surface area contributed by atoms with E-state index in [1.54, 1.807) is 35.2 Å². The van der Waals surface area contributed by atoms with Crippen molar-refractivity contribution in [3.05, 3.63) is 42.5 Å². The largest absolute Gasteiger partial charge is 0.396 e. The van der Waals surface area contributed by atoms with Gasteiger partial charge in [0.15, 0.2) is 0 Å². The molecule has 2 N–H and O–H groups in total. The predicted octanol–water partition coefficient (Wildman–Crippen LogP) is 2.36. The van der Waals surface area contributed by atoms with Crippen LogP contribution in [0, 0.1) is 5.82 Å². The van der Waals surface area contributed by atoms with E-state index in [1.807, 2.05) is 7.05 Å². The van der Waals surface area contributed by atoms with Gasteiger partial charge in [0.2, 0.25) is 0 Å². The second-order valence-corrected chi connectivity index (χ2v) is 4.07. The third kappa shape index (κ3) is 1.44. The molecule has 0 aliphatic heterocycles. The Labute approximate surface area is 103 Å². The van der Waals surface area contributed by atoms with Crippen molar-refractivity contribution >= 4 is 16.7 Å². The van der Waals surface area contributed by atoms with Crippen molar-refractivity contribution in [3.8, 4) is 11.4 Å². The van der Waals surface area contributed by atoms with Crippen LogP contribution in [0.2, 0.25) is 0 Å². The second-order valence-electron chi connectivity index (χ2n) is 4.07. The molecule has 0 saturated heterocycles. The molecule has 0 unspecified atom stereocenters. The van der Waals surface area contributed by atoms with Gasteiger partial charge in [0.25, 0.3) is 0 Å². The highest BCUT2D eigenvalue weighted by Crippen LogP contribution is 2.27. The van der Waals surface area contributed by atoms with Crippen molar-refractivity contribution in [2.24, 2.45) is 7.05 Å². The lowest BCUT2D eigenvalue weighted by Crippen LogP contribution is -1.97. The number of hydrogen-bond donors (Lipinski definition) is 1. The number of imidazole rings is 1. The Balaban J connectivity index is 2.35. The Morgan fingerprint density at radius 2 is 2.00 bits per heavy atom. The number of benzene rings is 1. The van der Waals surface area contributed by atoms with Crippen LogP contribution >= 0.6 is 0 Å². The zero-order valence-corrected chi connectivity index (χ0v) is 9.76. The van der Waals surface area contributed by atoms with Gasteiger partial charge < -0.3 is 10.3 Å². The molecule has 1 aromatic carbocycles. The van der Waals surface area contributed by atoms with Gasteiger partial charge in [-0.3, -0.25) is 4.98 Å². The molecule has 0 spiro atoms. The zero-order valence-electron chi connectivity index (χ0n) is 9.76. The highest BCUT2D eigenvalue weighted by molar-refractivity contribution is 5.89. The van der Waals surface area contributed by atoms with E-state index in [4.69, 9.17) is 5.73 Å². The number of nitrogens with zero attached hydrogens (tertiary/aromatic N) is 3. The summed E-state index contributed by atoms with van der Waals surface area (Å²) in [6, 6.07) is 6.53. The van der Waals surface area contributed by atoms with Crippen LogP contribution < -0.4 is 5.73 Å². The molecular weight excluding hydrogens is 231 g/mol. The maximum absolute atomic E-state index is 13.8. The van der Waals surface area contributed by atoms with E-state index in [0.717, 1.165) is 5.52 Å². The van der Waals surface area contributed by atoms with Crippen molar-refractivity contribution < 1.29 is 4.39 Å². The number of halogens is 1. The van der Waals surface area contributed by atoms with Crippen molar-refractivity contribution in [3.63, 3.8) is 0 Å². The molecule has 0 aliphatic carbocycles.